The van der Waals surface area contributed by atoms with Crippen molar-refractivity contribution in [2.75, 3.05) is 0 Å². The Morgan fingerprint density at radius 2 is 2.05 bits per heavy atom. The molecule has 0 bridgehead atoms. The standard InChI is InChI=1S/C12H11N3O3S/c16-11(17)6-9(8-4-2-1-3-5-8)14-12(18)10-7-13-19-15-10/h1-5,7,9H,6H2,(H,14,18)(H,16,17)/t9-/m1/s1. The van der Waals surface area contributed by atoms with Gasteiger partial charge in [-0.3, -0.25) is 9.59 Å². The summed E-state index contributed by atoms with van der Waals surface area (Å²) < 4.78 is 7.55. The van der Waals surface area contributed by atoms with E-state index in [0.717, 1.165) is 17.3 Å². The third-order valence-corrected chi connectivity index (χ3v) is 2.96. The molecule has 1 heterocycles. The van der Waals surface area contributed by atoms with Crippen molar-refractivity contribution in [2.45, 2.75) is 12.5 Å². The fraction of sp³-hybridized carbons (Fsp3) is 0.167. The average Bonchev–Trinajstić information content (AvgIpc) is 2.92. The lowest BCUT2D eigenvalue weighted by atomic mass is 10.0. The Morgan fingerprint density at radius 1 is 1.32 bits per heavy atom. The van der Waals surface area contributed by atoms with Crippen molar-refractivity contribution in [1.29, 1.82) is 0 Å². The fourth-order valence-electron chi connectivity index (χ4n) is 1.61. The predicted molar refractivity (Wildman–Crippen MR) is 68.8 cm³/mol. The molecule has 0 aliphatic heterocycles. The molecule has 0 aliphatic rings. The van der Waals surface area contributed by atoms with Crippen LogP contribution in [0.1, 0.15) is 28.5 Å². The Morgan fingerprint density at radius 3 is 2.63 bits per heavy atom. The summed E-state index contributed by atoms with van der Waals surface area (Å²) in [6.45, 7) is 0. The van der Waals surface area contributed by atoms with Crippen LogP contribution in [0.2, 0.25) is 0 Å². The zero-order valence-electron chi connectivity index (χ0n) is 9.81. The monoisotopic (exact) mass is 277 g/mol. The normalized spacial score (nSPS) is 11.8. The van der Waals surface area contributed by atoms with Crippen LogP contribution in [-0.2, 0) is 4.79 Å². The second-order valence-corrected chi connectivity index (χ2v) is 4.38. The van der Waals surface area contributed by atoms with E-state index in [1.165, 1.54) is 6.20 Å². The summed E-state index contributed by atoms with van der Waals surface area (Å²) >= 11 is 0.928. The molecule has 7 heteroatoms. The molecule has 1 aromatic carbocycles. The second-order valence-electron chi connectivity index (χ2n) is 3.83. The van der Waals surface area contributed by atoms with Crippen LogP contribution in [0.15, 0.2) is 36.5 Å². The van der Waals surface area contributed by atoms with Gasteiger partial charge in [-0.25, -0.2) is 0 Å². The van der Waals surface area contributed by atoms with Crippen molar-refractivity contribution in [3.63, 3.8) is 0 Å². The maximum absolute atomic E-state index is 11.9. The Kier molecular flexibility index (Phi) is 4.19. The van der Waals surface area contributed by atoms with Gasteiger partial charge in [0, 0.05) is 0 Å². The molecule has 0 unspecified atom stereocenters. The third kappa shape index (κ3) is 3.59. The number of rotatable bonds is 5. The van der Waals surface area contributed by atoms with E-state index < -0.39 is 17.9 Å². The number of carbonyl (C=O) groups excluding carboxylic acids is 1. The van der Waals surface area contributed by atoms with Crippen molar-refractivity contribution in [2.24, 2.45) is 0 Å². The highest BCUT2D eigenvalue weighted by Crippen LogP contribution is 2.17. The van der Waals surface area contributed by atoms with Crippen molar-refractivity contribution >= 4 is 23.6 Å². The number of hydrogen-bond donors (Lipinski definition) is 2. The van der Waals surface area contributed by atoms with Crippen LogP contribution in [0.3, 0.4) is 0 Å². The van der Waals surface area contributed by atoms with E-state index in [1.807, 2.05) is 6.07 Å². The average molecular weight is 277 g/mol. The van der Waals surface area contributed by atoms with E-state index in [-0.39, 0.29) is 12.1 Å². The van der Waals surface area contributed by atoms with Crippen LogP contribution in [0.5, 0.6) is 0 Å². The van der Waals surface area contributed by atoms with E-state index in [1.54, 1.807) is 24.3 Å². The quantitative estimate of drug-likeness (QED) is 0.863. The molecule has 0 aliphatic carbocycles. The summed E-state index contributed by atoms with van der Waals surface area (Å²) in [5, 5.41) is 11.6. The molecule has 6 nitrogen and oxygen atoms in total. The lowest BCUT2D eigenvalue weighted by molar-refractivity contribution is -0.137. The van der Waals surface area contributed by atoms with Crippen LogP contribution in [0.4, 0.5) is 0 Å². The molecule has 1 aromatic heterocycles. The maximum atomic E-state index is 11.9. The van der Waals surface area contributed by atoms with E-state index in [4.69, 9.17) is 5.11 Å². The molecule has 2 aromatic rings. The molecule has 19 heavy (non-hydrogen) atoms. The van der Waals surface area contributed by atoms with Gasteiger partial charge in [0.15, 0.2) is 5.69 Å². The van der Waals surface area contributed by atoms with Crippen LogP contribution in [-0.4, -0.2) is 25.7 Å². The molecule has 0 fully saturated rings. The van der Waals surface area contributed by atoms with Gasteiger partial charge in [-0.15, -0.1) is 0 Å². The number of hydrogen-bond acceptors (Lipinski definition) is 5. The first-order valence-corrected chi connectivity index (χ1v) is 6.25. The summed E-state index contributed by atoms with van der Waals surface area (Å²) in [7, 11) is 0. The molecule has 0 saturated heterocycles. The van der Waals surface area contributed by atoms with Gasteiger partial charge in [-0.05, 0) is 5.56 Å². The number of amides is 1. The van der Waals surface area contributed by atoms with Gasteiger partial charge < -0.3 is 10.4 Å². The van der Waals surface area contributed by atoms with Gasteiger partial charge in [0.1, 0.15) is 0 Å². The number of carboxylic acids is 1. The first-order chi connectivity index (χ1) is 9.16. The minimum atomic E-state index is -0.981. The number of aromatic nitrogens is 2. The van der Waals surface area contributed by atoms with Crippen molar-refractivity contribution < 1.29 is 14.7 Å². The van der Waals surface area contributed by atoms with Crippen molar-refractivity contribution in [3.05, 3.63) is 47.8 Å². The summed E-state index contributed by atoms with van der Waals surface area (Å²) in [6, 6.07) is 8.36. The number of nitrogens with one attached hydrogen (secondary N) is 1. The van der Waals surface area contributed by atoms with Crippen LogP contribution >= 0.6 is 11.7 Å². The number of nitrogens with zero attached hydrogens (tertiary/aromatic N) is 2. The Hall–Kier alpha value is -2.28. The second kappa shape index (κ2) is 6.05. The number of aliphatic carboxylic acids is 1. The number of benzene rings is 1. The van der Waals surface area contributed by atoms with E-state index in [9.17, 15) is 9.59 Å². The molecular weight excluding hydrogens is 266 g/mol. The molecule has 1 atom stereocenters. The third-order valence-electron chi connectivity index (χ3n) is 2.48. The topological polar surface area (TPSA) is 92.2 Å². The summed E-state index contributed by atoms with van der Waals surface area (Å²) in [5.74, 6) is -1.41. The summed E-state index contributed by atoms with van der Waals surface area (Å²) in [5.41, 5.74) is 0.928. The van der Waals surface area contributed by atoms with Gasteiger partial charge in [0.2, 0.25) is 0 Å². The van der Waals surface area contributed by atoms with Gasteiger partial charge in [0.05, 0.1) is 30.4 Å². The van der Waals surface area contributed by atoms with Crippen molar-refractivity contribution in [3.8, 4) is 0 Å². The van der Waals surface area contributed by atoms with Crippen LogP contribution in [0, 0.1) is 0 Å². The molecule has 0 radical (unpaired) electrons. The lowest BCUT2D eigenvalue weighted by Crippen LogP contribution is -2.30. The van der Waals surface area contributed by atoms with Gasteiger partial charge >= 0.3 is 5.97 Å². The first kappa shape index (κ1) is 13.2. The zero-order chi connectivity index (χ0) is 13.7. The Bertz CT molecular complexity index is 557. The van der Waals surface area contributed by atoms with Gasteiger partial charge in [-0.1, -0.05) is 30.3 Å². The Labute approximate surface area is 113 Å². The largest absolute Gasteiger partial charge is 0.481 e. The summed E-state index contributed by atoms with van der Waals surface area (Å²) in [4.78, 5) is 22.7. The fourth-order valence-corrected chi connectivity index (χ4v) is 2.02. The minimum absolute atomic E-state index is 0.187. The summed E-state index contributed by atoms with van der Waals surface area (Å²) in [6.07, 6.45) is 1.16. The molecule has 0 saturated carbocycles. The molecule has 98 valence electrons. The van der Waals surface area contributed by atoms with Gasteiger partial charge in [0.25, 0.3) is 5.91 Å². The number of carbonyl (C=O) groups is 2. The minimum Gasteiger partial charge on any atom is -0.481 e. The van der Waals surface area contributed by atoms with E-state index in [0.29, 0.717) is 0 Å². The molecule has 1 amide bonds. The predicted octanol–water partition coefficient (Wildman–Crippen LogP) is 1.48. The van der Waals surface area contributed by atoms with Gasteiger partial charge in [-0.2, -0.15) is 8.75 Å². The molecular formula is C12H11N3O3S. The highest BCUT2D eigenvalue weighted by molar-refractivity contribution is 6.99. The highest BCUT2D eigenvalue weighted by atomic mass is 32.1. The Balaban J connectivity index is 2.15. The smallest absolute Gasteiger partial charge is 0.305 e. The molecule has 2 rings (SSSR count). The van der Waals surface area contributed by atoms with Crippen LogP contribution in [0.25, 0.3) is 0 Å². The molecule has 0 spiro atoms. The highest BCUT2D eigenvalue weighted by Gasteiger charge is 2.19. The van der Waals surface area contributed by atoms with Crippen molar-refractivity contribution in [1.82, 2.24) is 14.1 Å². The molecule has 2 N–H and O–H groups in total. The number of carboxylic acid groups (broad SMARTS) is 1. The maximum Gasteiger partial charge on any atom is 0.305 e. The zero-order valence-corrected chi connectivity index (χ0v) is 10.6. The van der Waals surface area contributed by atoms with E-state index in [2.05, 4.69) is 14.1 Å². The lowest BCUT2D eigenvalue weighted by Gasteiger charge is -2.16. The van der Waals surface area contributed by atoms with E-state index >= 15 is 0 Å². The van der Waals surface area contributed by atoms with Crippen LogP contribution < -0.4 is 5.32 Å². The SMILES string of the molecule is O=C(O)C[C@@H](NC(=O)c1cnsn1)c1ccccc1. The first-order valence-electron chi connectivity index (χ1n) is 5.52.